The molecule has 24 heavy (non-hydrogen) atoms. The van der Waals surface area contributed by atoms with Crippen LogP contribution in [0.15, 0.2) is 48.5 Å². The topological polar surface area (TPSA) is 27.0 Å². The van der Waals surface area contributed by atoms with Gasteiger partial charge in [-0.2, -0.15) is 18.4 Å². The van der Waals surface area contributed by atoms with Gasteiger partial charge in [0.2, 0.25) is 0 Å². The highest BCUT2D eigenvalue weighted by Gasteiger charge is 2.36. The summed E-state index contributed by atoms with van der Waals surface area (Å²) < 4.78 is 40.0. The minimum atomic E-state index is -4.46. The lowest BCUT2D eigenvalue weighted by Crippen LogP contribution is -2.34. The fraction of sp³-hybridized carbons (Fsp3) is 0.316. The lowest BCUT2D eigenvalue weighted by molar-refractivity contribution is -0.137. The zero-order valence-corrected chi connectivity index (χ0v) is 13.1. The highest BCUT2D eigenvalue weighted by molar-refractivity contribution is 5.58. The first-order valence-corrected chi connectivity index (χ1v) is 7.90. The Morgan fingerprint density at radius 3 is 2.25 bits per heavy atom. The van der Waals surface area contributed by atoms with Crippen LogP contribution in [0.25, 0.3) is 0 Å². The van der Waals surface area contributed by atoms with E-state index in [1.54, 1.807) is 11.0 Å². The van der Waals surface area contributed by atoms with E-state index in [1.807, 2.05) is 18.2 Å². The molecule has 2 nitrogen and oxygen atoms in total. The molecule has 0 atom stereocenters. The van der Waals surface area contributed by atoms with Crippen LogP contribution in [0, 0.1) is 11.3 Å². The van der Waals surface area contributed by atoms with Crippen LogP contribution in [0.3, 0.4) is 0 Å². The monoisotopic (exact) mass is 330 g/mol. The summed E-state index contributed by atoms with van der Waals surface area (Å²) in [5.41, 5.74) is 0.728. The second-order valence-electron chi connectivity index (χ2n) is 6.01. The number of benzene rings is 2. The number of rotatable bonds is 2. The van der Waals surface area contributed by atoms with E-state index in [9.17, 15) is 13.2 Å². The summed E-state index contributed by atoms with van der Waals surface area (Å²) in [5.74, 6) is 0.384. The van der Waals surface area contributed by atoms with Crippen LogP contribution in [0.5, 0.6) is 0 Å². The normalized spacial score (nSPS) is 16.0. The lowest BCUT2D eigenvalue weighted by atomic mass is 9.89. The van der Waals surface area contributed by atoms with E-state index in [2.05, 4.69) is 12.1 Å². The molecule has 124 valence electrons. The van der Waals surface area contributed by atoms with Gasteiger partial charge in [-0.3, -0.25) is 0 Å². The van der Waals surface area contributed by atoms with E-state index < -0.39 is 11.7 Å². The molecule has 1 saturated heterocycles. The second-order valence-corrected chi connectivity index (χ2v) is 6.01. The molecule has 1 aliphatic rings. The van der Waals surface area contributed by atoms with Crippen molar-refractivity contribution in [2.75, 3.05) is 18.0 Å². The largest absolute Gasteiger partial charge is 0.418 e. The Labute approximate surface area is 139 Å². The van der Waals surface area contributed by atoms with Crippen LogP contribution in [-0.4, -0.2) is 13.1 Å². The van der Waals surface area contributed by atoms with Crippen molar-refractivity contribution in [2.45, 2.75) is 24.9 Å². The zero-order chi connectivity index (χ0) is 17.2. The van der Waals surface area contributed by atoms with Crippen molar-refractivity contribution >= 4 is 5.69 Å². The summed E-state index contributed by atoms with van der Waals surface area (Å²) in [6.45, 7) is 1.16. The number of anilines is 1. The zero-order valence-electron chi connectivity index (χ0n) is 13.1. The molecule has 0 radical (unpaired) electrons. The number of nitriles is 1. The van der Waals surface area contributed by atoms with Crippen molar-refractivity contribution in [1.29, 1.82) is 5.26 Å². The Kier molecular flexibility index (Phi) is 4.48. The summed E-state index contributed by atoms with van der Waals surface area (Å²) in [6, 6.07) is 15.7. The van der Waals surface area contributed by atoms with E-state index in [-0.39, 0.29) is 11.3 Å². The Bertz CT molecular complexity index is 739. The predicted molar refractivity (Wildman–Crippen MR) is 86.8 cm³/mol. The quantitative estimate of drug-likeness (QED) is 0.778. The van der Waals surface area contributed by atoms with Crippen LogP contribution in [0.1, 0.15) is 35.4 Å². The van der Waals surface area contributed by atoms with Gasteiger partial charge >= 0.3 is 6.18 Å². The number of nitrogens with zero attached hydrogens (tertiary/aromatic N) is 2. The Morgan fingerprint density at radius 2 is 1.67 bits per heavy atom. The van der Waals surface area contributed by atoms with E-state index in [4.69, 9.17) is 5.26 Å². The van der Waals surface area contributed by atoms with Crippen molar-refractivity contribution in [3.05, 3.63) is 65.2 Å². The number of halogens is 3. The first-order valence-electron chi connectivity index (χ1n) is 7.90. The van der Waals surface area contributed by atoms with Gasteiger partial charge in [0.15, 0.2) is 0 Å². The molecule has 1 aliphatic heterocycles. The molecule has 5 heteroatoms. The molecule has 0 N–H and O–H groups in total. The first-order chi connectivity index (χ1) is 11.5. The molecule has 1 fully saturated rings. The maximum Gasteiger partial charge on any atom is 0.418 e. The second kappa shape index (κ2) is 6.56. The summed E-state index contributed by atoms with van der Waals surface area (Å²) in [5, 5.41) is 8.86. The highest BCUT2D eigenvalue weighted by Crippen LogP contribution is 2.39. The summed E-state index contributed by atoms with van der Waals surface area (Å²) >= 11 is 0. The number of alkyl halides is 3. The van der Waals surface area contributed by atoms with Gasteiger partial charge in [-0.05, 0) is 42.5 Å². The minimum absolute atomic E-state index is 0.0326. The fourth-order valence-corrected chi connectivity index (χ4v) is 3.29. The van der Waals surface area contributed by atoms with Crippen molar-refractivity contribution < 1.29 is 13.2 Å². The van der Waals surface area contributed by atoms with Crippen LogP contribution in [0.2, 0.25) is 0 Å². The SMILES string of the molecule is N#Cc1ccc(N2CCC(c3ccccc3)CC2)c(C(F)(F)F)c1. The third kappa shape index (κ3) is 3.38. The van der Waals surface area contributed by atoms with E-state index in [0.717, 1.165) is 18.9 Å². The molecular formula is C19H17F3N2. The molecule has 0 saturated carbocycles. The van der Waals surface area contributed by atoms with E-state index in [0.29, 0.717) is 19.0 Å². The summed E-state index contributed by atoms with van der Waals surface area (Å²) in [6.07, 6.45) is -2.82. The molecule has 0 aliphatic carbocycles. The summed E-state index contributed by atoms with van der Waals surface area (Å²) in [4.78, 5) is 1.78. The van der Waals surface area contributed by atoms with Gasteiger partial charge < -0.3 is 4.90 Å². The third-order valence-corrected chi connectivity index (χ3v) is 4.54. The molecular weight excluding hydrogens is 313 g/mol. The van der Waals surface area contributed by atoms with Gasteiger partial charge in [-0.1, -0.05) is 30.3 Å². The molecule has 2 aromatic rings. The first kappa shape index (κ1) is 16.4. The molecule has 0 bridgehead atoms. The third-order valence-electron chi connectivity index (χ3n) is 4.54. The smallest absolute Gasteiger partial charge is 0.371 e. The maximum absolute atomic E-state index is 13.3. The van der Waals surface area contributed by atoms with Crippen LogP contribution in [0.4, 0.5) is 18.9 Å². The van der Waals surface area contributed by atoms with Crippen LogP contribution >= 0.6 is 0 Å². The highest BCUT2D eigenvalue weighted by atomic mass is 19.4. The van der Waals surface area contributed by atoms with Gasteiger partial charge in [-0.25, -0.2) is 0 Å². The molecule has 1 heterocycles. The Balaban J connectivity index is 1.81. The van der Waals surface area contributed by atoms with Crippen molar-refractivity contribution in [2.24, 2.45) is 0 Å². The predicted octanol–water partition coefficient (Wildman–Crippen LogP) is 4.96. The van der Waals surface area contributed by atoms with Gasteiger partial charge in [0, 0.05) is 18.8 Å². The number of piperidine rings is 1. The molecule has 0 spiro atoms. The minimum Gasteiger partial charge on any atom is -0.371 e. The lowest BCUT2D eigenvalue weighted by Gasteiger charge is -2.35. The molecule has 0 amide bonds. The maximum atomic E-state index is 13.3. The Hall–Kier alpha value is -2.48. The van der Waals surface area contributed by atoms with Crippen molar-refractivity contribution in [3.8, 4) is 6.07 Å². The number of hydrogen-bond donors (Lipinski definition) is 0. The van der Waals surface area contributed by atoms with Gasteiger partial charge in [-0.15, -0.1) is 0 Å². The van der Waals surface area contributed by atoms with Gasteiger partial charge in [0.1, 0.15) is 0 Å². The van der Waals surface area contributed by atoms with Gasteiger partial charge in [0.25, 0.3) is 0 Å². The standard InChI is InChI=1S/C19H17F3N2/c20-19(21,22)17-12-14(13-23)6-7-18(17)24-10-8-16(9-11-24)15-4-2-1-3-5-15/h1-7,12,16H,8-11H2. The summed E-state index contributed by atoms with van der Waals surface area (Å²) in [7, 11) is 0. The molecule has 2 aromatic carbocycles. The average molecular weight is 330 g/mol. The molecule has 0 aromatic heterocycles. The van der Waals surface area contributed by atoms with Crippen LogP contribution in [-0.2, 0) is 6.18 Å². The van der Waals surface area contributed by atoms with Crippen LogP contribution < -0.4 is 4.90 Å². The number of hydrogen-bond acceptors (Lipinski definition) is 2. The average Bonchev–Trinajstić information content (AvgIpc) is 2.61. The Morgan fingerprint density at radius 1 is 1.00 bits per heavy atom. The fourth-order valence-electron chi connectivity index (χ4n) is 3.29. The van der Waals surface area contributed by atoms with E-state index >= 15 is 0 Å². The van der Waals surface area contributed by atoms with Crippen molar-refractivity contribution in [3.63, 3.8) is 0 Å². The molecule has 0 unspecified atom stereocenters. The molecule has 3 rings (SSSR count). The van der Waals surface area contributed by atoms with Gasteiger partial charge in [0.05, 0.1) is 17.2 Å². The van der Waals surface area contributed by atoms with E-state index in [1.165, 1.54) is 17.7 Å². The van der Waals surface area contributed by atoms with Crippen molar-refractivity contribution in [1.82, 2.24) is 0 Å².